The normalized spacial score (nSPS) is 18.6. The maximum atomic E-state index is 12.8. The summed E-state index contributed by atoms with van der Waals surface area (Å²) in [6.45, 7) is 0.595. The van der Waals surface area contributed by atoms with E-state index in [4.69, 9.17) is 0 Å². The molecule has 2 aliphatic rings. The number of H-pyrrole nitrogens is 1. The second-order valence-electron chi connectivity index (χ2n) is 6.80. The van der Waals surface area contributed by atoms with E-state index in [-0.39, 0.29) is 30.8 Å². The van der Waals surface area contributed by atoms with Gasteiger partial charge in [0.15, 0.2) is 0 Å². The van der Waals surface area contributed by atoms with Crippen LogP contribution < -0.4 is 16.0 Å². The van der Waals surface area contributed by atoms with Gasteiger partial charge in [0.1, 0.15) is 6.04 Å². The molecule has 1 saturated heterocycles. The Morgan fingerprint density at radius 1 is 1.21 bits per heavy atom. The van der Waals surface area contributed by atoms with Crippen molar-refractivity contribution in [3.63, 3.8) is 0 Å². The number of nitrogens with zero attached hydrogens (tertiary/aromatic N) is 1. The molecule has 4 N–H and O–H groups in total. The van der Waals surface area contributed by atoms with E-state index < -0.39 is 11.9 Å². The second-order valence-corrected chi connectivity index (χ2v) is 6.80. The van der Waals surface area contributed by atoms with Crippen LogP contribution in [-0.4, -0.2) is 39.7 Å². The monoisotopic (exact) mass is 381 g/mol. The maximum absolute atomic E-state index is 12.8. The molecule has 0 radical (unpaired) electrons. The minimum atomic E-state index is -0.633. The highest BCUT2D eigenvalue weighted by Crippen LogP contribution is 2.28. The molecule has 144 valence electrons. The number of nitrogens with one attached hydrogen (secondary N) is 4. The topological polar surface area (TPSA) is 123 Å². The fourth-order valence-corrected chi connectivity index (χ4v) is 3.47. The first kappa shape index (κ1) is 17.8. The van der Waals surface area contributed by atoms with E-state index in [0.29, 0.717) is 24.2 Å². The van der Waals surface area contributed by atoms with Crippen LogP contribution in [0.1, 0.15) is 34.3 Å². The predicted octanol–water partition coefficient (Wildman–Crippen LogP) is 1.10. The van der Waals surface area contributed by atoms with Gasteiger partial charge in [-0.05, 0) is 29.7 Å². The van der Waals surface area contributed by atoms with Crippen LogP contribution in [0.2, 0.25) is 0 Å². The third kappa shape index (κ3) is 3.46. The molecule has 2 aromatic rings. The average molecular weight is 381 g/mol. The molecule has 0 aliphatic carbocycles. The van der Waals surface area contributed by atoms with Crippen LogP contribution in [0.15, 0.2) is 36.7 Å². The van der Waals surface area contributed by atoms with Gasteiger partial charge in [-0.2, -0.15) is 0 Å². The van der Waals surface area contributed by atoms with Crippen molar-refractivity contribution in [1.29, 1.82) is 0 Å². The number of piperidine rings is 1. The zero-order valence-corrected chi connectivity index (χ0v) is 15.0. The molecule has 1 fully saturated rings. The molecule has 5 amide bonds. The molecule has 9 heteroatoms. The third-order valence-electron chi connectivity index (χ3n) is 4.90. The summed E-state index contributed by atoms with van der Waals surface area (Å²) in [6, 6.07) is 6.16. The summed E-state index contributed by atoms with van der Waals surface area (Å²) in [5, 5.41) is 7.71. The number of benzene rings is 1. The first-order valence-corrected chi connectivity index (χ1v) is 8.95. The van der Waals surface area contributed by atoms with E-state index in [1.54, 1.807) is 24.5 Å². The van der Waals surface area contributed by atoms with Crippen molar-refractivity contribution in [3.05, 3.63) is 53.3 Å². The van der Waals surface area contributed by atoms with Gasteiger partial charge in [-0.1, -0.05) is 12.1 Å². The maximum Gasteiger partial charge on any atom is 0.319 e. The van der Waals surface area contributed by atoms with Gasteiger partial charge in [0.25, 0.3) is 5.91 Å². The highest BCUT2D eigenvalue weighted by atomic mass is 16.2. The fraction of sp³-hybridized carbons (Fsp3) is 0.263. The van der Waals surface area contributed by atoms with Crippen molar-refractivity contribution in [2.24, 2.45) is 0 Å². The number of fused-ring (bicyclic) bond motifs is 1. The summed E-state index contributed by atoms with van der Waals surface area (Å²) in [7, 11) is 0. The summed E-state index contributed by atoms with van der Waals surface area (Å²) < 4.78 is 0. The van der Waals surface area contributed by atoms with Crippen LogP contribution >= 0.6 is 0 Å². The Morgan fingerprint density at radius 2 is 2.07 bits per heavy atom. The van der Waals surface area contributed by atoms with Gasteiger partial charge >= 0.3 is 6.03 Å². The lowest BCUT2D eigenvalue weighted by atomic mass is 10.0. The van der Waals surface area contributed by atoms with E-state index in [1.807, 2.05) is 12.1 Å². The molecule has 1 unspecified atom stereocenters. The molecule has 3 heterocycles. The molecule has 4 rings (SSSR count). The molecular weight excluding hydrogens is 362 g/mol. The number of aromatic nitrogens is 1. The third-order valence-corrected chi connectivity index (χ3v) is 4.90. The van der Waals surface area contributed by atoms with E-state index in [2.05, 4.69) is 20.9 Å². The predicted molar refractivity (Wildman–Crippen MR) is 99.1 cm³/mol. The molecule has 1 atom stereocenters. The van der Waals surface area contributed by atoms with Gasteiger partial charge in [0.2, 0.25) is 11.8 Å². The first-order chi connectivity index (χ1) is 13.5. The highest BCUT2D eigenvalue weighted by molar-refractivity contribution is 6.05. The minimum absolute atomic E-state index is 0.224. The van der Waals surface area contributed by atoms with Crippen LogP contribution in [0, 0.1) is 0 Å². The number of hydrogen-bond acceptors (Lipinski definition) is 4. The van der Waals surface area contributed by atoms with Gasteiger partial charge in [0.05, 0.1) is 5.69 Å². The Kier molecular flexibility index (Phi) is 4.56. The van der Waals surface area contributed by atoms with Gasteiger partial charge in [-0.3, -0.25) is 19.7 Å². The Bertz CT molecular complexity index is 953. The lowest BCUT2D eigenvalue weighted by Crippen LogP contribution is -2.52. The lowest BCUT2D eigenvalue weighted by molar-refractivity contribution is -0.136. The molecule has 1 aromatic heterocycles. The summed E-state index contributed by atoms with van der Waals surface area (Å²) in [6.07, 6.45) is 3.92. The number of imide groups is 1. The summed E-state index contributed by atoms with van der Waals surface area (Å²) in [5.74, 6) is -0.972. The Morgan fingerprint density at radius 3 is 2.82 bits per heavy atom. The first-order valence-electron chi connectivity index (χ1n) is 8.95. The van der Waals surface area contributed by atoms with Crippen LogP contribution in [0.25, 0.3) is 0 Å². The molecule has 1 aromatic carbocycles. The fourth-order valence-electron chi connectivity index (χ4n) is 3.47. The van der Waals surface area contributed by atoms with E-state index in [1.165, 1.54) is 4.90 Å². The zero-order chi connectivity index (χ0) is 19.7. The lowest BCUT2D eigenvalue weighted by Gasteiger charge is -2.29. The summed E-state index contributed by atoms with van der Waals surface area (Å²) in [5.41, 5.74) is 2.79. The van der Waals surface area contributed by atoms with Gasteiger partial charge < -0.3 is 20.5 Å². The van der Waals surface area contributed by atoms with Crippen molar-refractivity contribution >= 4 is 29.4 Å². The molecule has 28 heavy (non-hydrogen) atoms. The number of carbonyl (C=O) groups is 4. The number of carbonyl (C=O) groups excluding carboxylic acids is 4. The summed E-state index contributed by atoms with van der Waals surface area (Å²) in [4.78, 5) is 52.5. The van der Waals surface area contributed by atoms with Crippen molar-refractivity contribution in [2.75, 3.05) is 5.32 Å². The molecule has 0 saturated carbocycles. The average Bonchev–Trinajstić information content (AvgIpc) is 3.28. The number of hydrogen-bond donors (Lipinski definition) is 4. The Labute approximate surface area is 160 Å². The zero-order valence-electron chi connectivity index (χ0n) is 15.0. The van der Waals surface area contributed by atoms with Crippen LogP contribution in [-0.2, 0) is 22.7 Å². The van der Waals surface area contributed by atoms with E-state index >= 15 is 0 Å². The number of amides is 5. The number of anilines is 1. The minimum Gasteiger partial charge on any atom is -0.366 e. The second kappa shape index (κ2) is 7.18. The number of rotatable bonds is 4. The van der Waals surface area contributed by atoms with E-state index in [0.717, 1.165) is 11.1 Å². The van der Waals surface area contributed by atoms with Crippen molar-refractivity contribution < 1.29 is 19.2 Å². The molecule has 9 nitrogen and oxygen atoms in total. The summed E-state index contributed by atoms with van der Waals surface area (Å²) >= 11 is 0. The Balaban J connectivity index is 1.40. The quantitative estimate of drug-likeness (QED) is 0.592. The molecule has 0 spiro atoms. The van der Waals surface area contributed by atoms with Crippen molar-refractivity contribution in [2.45, 2.75) is 32.0 Å². The largest absolute Gasteiger partial charge is 0.366 e. The number of urea groups is 1. The van der Waals surface area contributed by atoms with Gasteiger partial charge in [-0.15, -0.1) is 0 Å². The standard InChI is InChI=1S/C19H19N5O4/c25-16-4-3-15(17(26)23-16)24-10-12-2-1-11(7-14(12)18(24)27)8-21-19(28)22-13-5-6-20-9-13/h1-2,5-7,9,15,20H,3-4,8,10H2,(H2,21,22,28)(H,23,25,26). The Hall–Kier alpha value is -3.62. The van der Waals surface area contributed by atoms with Gasteiger partial charge in [-0.25, -0.2) is 4.79 Å². The number of aromatic amines is 1. The molecular formula is C19H19N5O4. The molecule has 0 bridgehead atoms. The van der Waals surface area contributed by atoms with Crippen molar-refractivity contribution in [3.8, 4) is 0 Å². The highest BCUT2D eigenvalue weighted by Gasteiger charge is 2.39. The SMILES string of the molecule is O=C1CCC(N2Cc3ccc(CNC(=O)Nc4cc[nH]c4)cc3C2=O)C(=O)N1. The van der Waals surface area contributed by atoms with Crippen LogP contribution in [0.4, 0.5) is 10.5 Å². The van der Waals surface area contributed by atoms with Crippen LogP contribution in [0.5, 0.6) is 0 Å². The van der Waals surface area contributed by atoms with Crippen LogP contribution in [0.3, 0.4) is 0 Å². The van der Waals surface area contributed by atoms with E-state index in [9.17, 15) is 19.2 Å². The smallest absolute Gasteiger partial charge is 0.319 e. The van der Waals surface area contributed by atoms with Crippen molar-refractivity contribution in [1.82, 2.24) is 20.5 Å². The van der Waals surface area contributed by atoms with Gasteiger partial charge in [0, 0.05) is 37.5 Å². The molecule has 2 aliphatic heterocycles.